The Hall–Kier alpha value is -1.39. The van der Waals surface area contributed by atoms with Crippen LogP contribution >= 0.6 is 0 Å². The molecule has 1 aromatic rings. The maximum atomic E-state index is 12.0. The minimum absolute atomic E-state index is 0.0437. The minimum atomic E-state index is 0.0437. The molecule has 0 saturated carbocycles. The monoisotopic (exact) mass is 287 g/mol. The van der Waals surface area contributed by atoms with Crippen molar-refractivity contribution in [2.45, 2.75) is 44.8 Å². The Labute approximate surface area is 126 Å². The number of nitrogens with one attached hydrogen (secondary N) is 1. The quantitative estimate of drug-likeness (QED) is 0.887. The van der Waals surface area contributed by atoms with Crippen LogP contribution in [0.5, 0.6) is 0 Å². The van der Waals surface area contributed by atoms with Gasteiger partial charge in [0.05, 0.1) is 5.92 Å². The molecule has 3 N–H and O–H groups in total. The van der Waals surface area contributed by atoms with Gasteiger partial charge in [-0.25, -0.2) is 0 Å². The average Bonchev–Trinajstić information content (AvgIpc) is 2.84. The molecule has 0 spiro atoms. The largest absolute Gasteiger partial charge is 0.354 e. The molecule has 3 rings (SSSR count). The van der Waals surface area contributed by atoms with Crippen LogP contribution in [0.3, 0.4) is 0 Å². The molecule has 0 bridgehead atoms. The second-order valence-corrected chi connectivity index (χ2v) is 6.51. The predicted molar refractivity (Wildman–Crippen MR) is 83.8 cm³/mol. The molecule has 2 aliphatic rings. The summed E-state index contributed by atoms with van der Waals surface area (Å²) in [4.78, 5) is 14.4. The van der Waals surface area contributed by atoms with Crippen LogP contribution in [0.4, 0.5) is 0 Å². The number of amides is 1. The number of fused-ring (bicyclic) bond motifs is 1. The fourth-order valence-electron chi connectivity index (χ4n) is 3.89. The molecule has 4 nitrogen and oxygen atoms in total. The summed E-state index contributed by atoms with van der Waals surface area (Å²) in [5.41, 5.74) is 8.83. The highest BCUT2D eigenvalue weighted by Crippen LogP contribution is 2.35. The maximum absolute atomic E-state index is 12.0. The zero-order valence-electron chi connectivity index (χ0n) is 12.9. The summed E-state index contributed by atoms with van der Waals surface area (Å²) >= 11 is 0. The summed E-state index contributed by atoms with van der Waals surface area (Å²) in [6, 6.07) is 9.17. The summed E-state index contributed by atoms with van der Waals surface area (Å²) in [6.07, 6.45) is 2.08. The fourth-order valence-corrected chi connectivity index (χ4v) is 3.89. The summed E-state index contributed by atoms with van der Waals surface area (Å²) in [5, 5.41) is 3.02. The van der Waals surface area contributed by atoms with E-state index in [1.165, 1.54) is 11.1 Å². The molecule has 2 aliphatic heterocycles. The number of piperidine rings is 1. The summed E-state index contributed by atoms with van der Waals surface area (Å²) < 4.78 is 0. The topological polar surface area (TPSA) is 58.4 Å². The first-order valence-electron chi connectivity index (χ1n) is 7.93. The number of benzene rings is 1. The van der Waals surface area contributed by atoms with Crippen molar-refractivity contribution in [1.29, 1.82) is 0 Å². The van der Waals surface area contributed by atoms with Gasteiger partial charge in [0, 0.05) is 24.7 Å². The van der Waals surface area contributed by atoms with E-state index in [2.05, 4.69) is 48.3 Å². The first-order chi connectivity index (χ1) is 10.1. The zero-order valence-corrected chi connectivity index (χ0v) is 12.9. The highest BCUT2D eigenvalue weighted by Gasteiger charge is 2.43. The Morgan fingerprint density at radius 3 is 2.71 bits per heavy atom. The third-order valence-corrected chi connectivity index (χ3v) is 4.92. The minimum Gasteiger partial charge on any atom is -0.354 e. The van der Waals surface area contributed by atoms with Gasteiger partial charge in [0.1, 0.15) is 0 Å². The second-order valence-electron chi connectivity index (χ2n) is 6.51. The highest BCUT2D eigenvalue weighted by molar-refractivity contribution is 5.82. The number of carbonyl (C=O) groups excluding carboxylic acids is 1. The molecule has 4 heteroatoms. The van der Waals surface area contributed by atoms with Crippen molar-refractivity contribution in [3.05, 3.63) is 35.4 Å². The lowest BCUT2D eigenvalue weighted by Gasteiger charge is -2.43. The number of nitrogens with two attached hydrogens (primary N) is 1. The molecule has 1 amide bonds. The maximum Gasteiger partial charge on any atom is 0.224 e. The van der Waals surface area contributed by atoms with Crippen molar-refractivity contribution in [3.63, 3.8) is 0 Å². The summed E-state index contributed by atoms with van der Waals surface area (Å²) in [5.74, 6) is 0.363. The van der Waals surface area contributed by atoms with E-state index in [0.29, 0.717) is 6.04 Å². The highest BCUT2D eigenvalue weighted by atomic mass is 16.2. The van der Waals surface area contributed by atoms with E-state index in [9.17, 15) is 4.79 Å². The van der Waals surface area contributed by atoms with Gasteiger partial charge in [-0.1, -0.05) is 29.8 Å². The van der Waals surface area contributed by atoms with Crippen LogP contribution in [0, 0.1) is 12.8 Å². The lowest BCUT2D eigenvalue weighted by Crippen LogP contribution is -2.51. The smallest absolute Gasteiger partial charge is 0.224 e. The normalized spacial score (nSPS) is 28.8. The van der Waals surface area contributed by atoms with Gasteiger partial charge in [-0.15, -0.1) is 0 Å². The number of hydrogen-bond donors (Lipinski definition) is 2. The van der Waals surface area contributed by atoms with E-state index in [1.54, 1.807) is 0 Å². The van der Waals surface area contributed by atoms with Crippen LogP contribution in [-0.4, -0.2) is 36.0 Å². The molecule has 0 aromatic heterocycles. The lowest BCUT2D eigenvalue weighted by atomic mass is 9.87. The Morgan fingerprint density at radius 1 is 1.33 bits per heavy atom. The second kappa shape index (κ2) is 5.78. The third kappa shape index (κ3) is 2.70. The van der Waals surface area contributed by atoms with Crippen molar-refractivity contribution >= 4 is 5.91 Å². The Morgan fingerprint density at radius 2 is 2.05 bits per heavy atom. The molecule has 1 aromatic carbocycles. The Balaban J connectivity index is 1.90. The molecule has 0 aliphatic carbocycles. The molecule has 21 heavy (non-hydrogen) atoms. The molecule has 114 valence electrons. The van der Waals surface area contributed by atoms with Crippen LogP contribution in [0.2, 0.25) is 0 Å². The number of aryl methyl sites for hydroxylation is 1. The van der Waals surface area contributed by atoms with E-state index in [-0.39, 0.29) is 23.9 Å². The van der Waals surface area contributed by atoms with Crippen molar-refractivity contribution < 1.29 is 4.79 Å². The number of carbonyl (C=O) groups is 1. The molecular formula is C17H25N3O. The molecule has 2 saturated heterocycles. The average molecular weight is 287 g/mol. The van der Waals surface area contributed by atoms with Gasteiger partial charge in [-0.05, 0) is 38.8 Å². The summed E-state index contributed by atoms with van der Waals surface area (Å²) in [7, 11) is 0. The standard InChI is InChI=1S/C17H25N3O/c1-11-5-7-13(8-6-11)16(12(2)18)20-9-3-4-14-15(20)10-19-17(14)21/h5-8,12,14-16H,3-4,9-10,18H2,1-2H3,(H,19,21). The van der Waals surface area contributed by atoms with Crippen molar-refractivity contribution in [3.8, 4) is 0 Å². The molecule has 4 unspecified atom stereocenters. The van der Waals surface area contributed by atoms with E-state index in [1.807, 2.05) is 0 Å². The Kier molecular flexibility index (Phi) is 4.00. The SMILES string of the molecule is Cc1ccc(C(C(C)N)N2CCCC3C(=O)NCC32)cc1. The number of hydrogen-bond acceptors (Lipinski definition) is 3. The van der Waals surface area contributed by atoms with Crippen LogP contribution in [-0.2, 0) is 4.79 Å². The fraction of sp³-hybridized carbons (Fsp3) is 0.588. The van der Waals surface area contributed by atoms with Gasteiger partial charge < -0.3 is 11.1 Å². The third-order valence-electron chi connectivity index (χ3n) is 4.92. The zero-order chi connectivity index (χ0) is 15.0. The van der Waals surface area contributed by atoms with Crippen molar-refractivity contribution in [1.82, 2.24) is 10.2 Å². The first-order valence-corrected chi connectivity index (χ1v) is 7.93. The Bertz CT molecular complexity index is 511. The molecule has 2 fully saturated rings. The van der Waals surface area contributed by atoms with Gasteiger partial charge in [0.2, 0.25) is 5.91 Å². The van der Waals surface area contributed by atoms with Crippen LogP contribution in [0.1, 0.15) is 36.9 Å². The lowest BCUT2D eigenvalue weighted by molar-refractivity contribution is -0.124. The predicted octanol–water partition coefficient (Wildman–Crippen LogP) is 1.59. The van der Waals surface area contributed by atoms with Crippen molar-refractivity contribution in [2.24, 2.45) is 11.7 Å². The number of likely N-dealkylation sites (tertiary alicyclic amines) is 1. The van der Waals surface area contributed by atoms with E-state index in [0.717, 1.165) is 25.9 Å². The molecular weight excluding hydrogens is 262 g/mol. The summed E-state index contributed by atoms with van der Waals surface area (Å²) in [6.45, 7) is 5.95. The van der Waals surface area contributed by atoms with E-state index < -0.39 is 0 Å². The van der Waals surface area contributed by atoms with E-state index in [4.69, 9.17) is 5.73 Å². The number of nitrogens with zero attached hydrogens (tertiary/aromatic N) is 1. The van der Waals surface area contributed by atoms with Gasteiger partial charge in [0.15, 0.2) is 0 Å². The first kappa shape index (κ1) is 14.5. The van der Waals surface area contributed by atoms with Crippen LogP contribution in [0.25, 0.3) is 0 Å². The number of rotatable bonds is 3. The van der Waals surface area contributed by atoms with Crippen molar-refractivity contribution in [2.75, 3.05) is 13.1 Å². The van der Waals surface area contributed by atoms with Crippen LogP contribution < -0.4 is 11.1 Å². The molecule has 2 heterocycles. The molecule has 0 radical (unpaired) electrons. The van der Waals surface area contributed by atoms with Gasteiger partial charge in [0.25, 0.3) is 0 Å². The van der Waals surface area contributed by atoms with E-state index >= 15 is 0 Å². The van der Waals surface area contributed by atoms with Gasteiger partial charge in [-0.3, -0.25) is 9.69 Å². The van der Waals surface area contributed by atoms with Gasteiger partial charge in [-0.2, -0.15) is 0 Å². The van der Waals surface area contributed by atoms with Crippen LogP contribution in [0.15, 0.2) is 24.3 Å². The molecule has 4 atom stereocenters. The van der Waals surface area contributed by atoms with Gasteiger partial charge >= 0.3 is 0 Å².